The Bertz CT molecular complexity index is 1410. The summed E-state index contributed by atoms with van der Waals surface area (Å²) in [6.07, 6.45) is 3.26. The third kappa shape index (κ3) is 4.19. The highest BCUT2D eigenvalue weighted by Gasteiger charge is 2.35. The van der Waals surface area contributed by atoms with Crippen molar-refractivity contribution in [2.24, 2.45) is 0 Å². The highest BCUT2D eigenvalue weighted by atomic mass is 16.5. The lowest BCUT2D eigenvalue weighted by Gasteiger charge is -2.28. The number of nitrogens with one attached hydrogen (secondary N) is 2. The fourth-order valence-electron chi connectivity index (χ4n) is 4.14. The zero-order valence-corrected chi connectivity index (χ0v) is 19.5. The first-order chi connectivity index (χ1) is 17.1. The Morgan fingerprint density at radius 3 is 2.69 bits per heavy atom. The van der Waals surface area contributed by atoms with E-state index >= 15 is 0 Å². The molecule has 1 aliphatic heterocycles. The minimum atomic E-state index is -0.547. The maximum absolute atomic E-state index is 13.6. The summed E-state index contributed by atoms with van der Waals surface area (Å²) in [6.45, 7) is 1.85. The van der Waals surface area contributed by atoms with Gasteiger partial charge in [-0.3, -0.25) is 9.78 Å². The van der Waals surface area contributed by atoms with Crippen LogP contribution in [0.5, 0.6) is 11.5 Å². The van der Waals surface area contributed by atoms with Crippen LogP contribution in [0.25, 0.3) is 11.4 Å². The molecule has 0 unspecified atom stereocenters. The van der Waals surface area contributed by atoms with Crippen molar-refractivity contribution in [1.29, 1.82) is 0 Å². The topological polar surface area (TPSA) is 103 Å². The summed E-state index contributed by atoms with van der Waals surface area (Å²) in [4.78, 5) is 22.4. The van der Waals surface area contributed by atoms with Gasteiger partial charge in [0.15, 0.2) is 5.82 Å². The minimum absolute atomic E-state index is 0.268. The van der Waals surface area contributed by atoms with Crippen molar-refractivity contribution in [3.05, 3.63) is 89.9 Å². The molecule has 1 aliphatic rings. The van der Waals surface area contributed by atoms with Crippen molar-refractivity contribution in [3.63, 3.8) is 0 Å². The molecule has 0 radical (unpaired) electrons. The third-order valence-corrected chi connectivity index (χ3v) is 5.77. The van der Waals surface area contributed by atoms with Crippen molar-refractivity contribution < 1.29 is 14.3 Å². The molecule has 2 N–H and O–H groups in total. The number of pyridine rings is 1. The van der Waals surface area contributed by atoms with E-state index in [1.807, 2.05) is 55.5 Å². The van der Waals surface area contributed by atoms with Crippen LogP contribution in [0.2, 0.25) is 0 Å². The molecule has 1 amide bonds. The van der Waals surface area contributed by atoms with Crippen LogP contribution in [0.1, 0.15) is 18.5 Å². The van der Waals surface area contributed by atoms with E-state index < -0.39 is 6.04 Å². The summed E-state index contributed by atoms with van der Waals surface area (Å²) < 4.78 is 12.7. The molecule has 35 heavy (non-hydrogen) atoms. The monoisotopic (exact) mass is 468 g/mol. The van der Waals surface area contributed by atoms with Crippen LogP contribution in [-0.2, 0) is 4.79 Å². The Balaban J connectivity index is 1.63. The van der Waals surface area contributed by atoms with E-state index in [9.17, 15) is 4.79 Å². The van der Waals surface area contributed by atoms with Gasteiger partial charge in [0.2, 0.25) is 5.95 Å². The number of ether oxygens (including phenoxy) is 2. The molecule has 0 spiro atoms. The lowest BCUT2D eigenvalue weighted by Crippen LogP contribution is -2.31. The number of amides is 1. The van der Waals surface area contributed by atoms with Gasteiger partial charge in [0, 0.05) is 11.9 Å². The van der Waals surface area contributed by atoms with Gasteiger partial charge in [-0.15, -0.1) is 5.10 Å². The number of para-hydroxylation sites is 1. The lowest BCUT2D eigenvalue weighted by molar-refractivity contribution is -0.113. The number of carbonyl (C=O) groups is 1. The van der Waals surface area contributed by atoms with E-state index in [0.717, 1.165) is 11.1 Å². The largest absolute Gasteiger partial charge is 0.497 e. The van der Waals surface area contributed by atoms with Crippen molar-refractivity contribution in [2.75, 3.05) is 24.9 Å². The zero-order chi connectivity index (χ0) is 24.4. The lowest BCUT2D eigenvalue weighted by atomic mass is 9.95. The van der Waals surface area contributed by atoms with Gasteiger partial charge in [-0.2, -0.15) is 4.98 Å². The van der Waals surface area contributed by atoms with E-state index in [1.54, 1.807) is 43.4 Å². The highest BCUT2D eigenvalue weighted by Crippen LogP contribution is 2.38. The summed E-state index contributed by atoms with van der Waals surface area (Å²) in [7, 11) is 3.22. The molecule has 0 bridgehead atoms. The molecular formula is C26H24N6O3. The van der Waals surface area contributed by atoms with Crippen LogP contribution in [0.4, 0.5) is 11.6 Å². The second-order valence-electron chi connectivity index (χ2n) is 7.94. The van der Waals surface area contributed by atoms with Crippen LogP contribution in [0.15, 0.2) is 84.3 Å². The van der Waals surface area contributed by atoms with Gasteiger partial charge in [-0.05, 0) is 48.9 Å². The molecule has 9 heteroatoms. The van der Waals surface area contributed by atoms with E-state index in [4.69, 9.17) is 19.6 Å². The smallest absolute Gasteiger partial charge is 0.255 e. The number of rotatable bonds is 6. The summed E-state index contributed by atoms with van der Waals surface area (Å²) in [5, 5.41) is 11.0. The molecule has 0 aliphatic carbocycles. The zero-order valence-electron chi connectivity index (χ0n) is 19.5. The third-order valence-electron chi connectivity index (χ3n) is 5.77. The first kappa shape index (κ1) is 22.1. The van der Waals surface area contributed by atoms with Gasteiger partial charge < -0.3 is 20.1 Å². The summed E-state index contributed by atoms with van der Waals surface area (Å²) in [5.41, 5.74) is 3.36. The Labute approximate surface area is 202 Å². The molecule has 5 rings (SSSR count). The standard InChI is InChI=1S/C26H24N6O3/c1-16-22(25(33)29-18-9-7-13-27-15-18)23(17-8-6-10-19(14-17)34-2)32-26(28-16)30-24(31-32)20-11-4-5-12-21(20)35-3/h4-15,23H,1-3H3,(H,29,33)(H,28,30,31)/t23-/m0/s1. The van der Waals surface area contributed by atoms with Gasteiger partial charge in [0.1, 0.15) is 17.5 Å². The van der Waals surface area contributed by atoms with Crippen molar-refractivity contribution in [1.82, 2.24) is 19.7 Å². The number of hydrogen-bond donors (Lipinski definition) is 2. The quantitative estimate of drug-likeness (QED) is 0.435. The molecule has 176 valence electrons. The maximum atomic E-state index is 13.6. The number of allylic oxidation sites excluding steroid dienone is 1. The van der Waals surface area contributed by atoms with Crippen molar-refractivity contribution in [2.45, 2.75) is 13.0 Å². The first-order valence-corrected chi connectivity index (χ1v) is 11.0. The number of carbonyl (C=O) groups excluding carboxylic acids is 1. The number of aromatic nitrogens is 4. The average Bonchev–Trinajstić information content (AvgIpc) is 3.31. The normalized spacial score (nSPS) is 14.7. The average molecular weight is 469 g/mol. The predicted molar refractivity (Wildman–Crippen MR) is 132 cm³/mol. The molecule has 2 aromatic carbocycles. The van der Waals surface area contributed by atoms with Crippen LogP contribution < -0.4 is 20.1 Å². The highest BCUT2D eigenvalue weighted by molar-refractivity contribution is 6.06. The second-order valence-corrected chi connectivity index (χ2v) is 7.94. The fourth-order valence-corrected chi connectivity index (χ4v) is 4.14. The Kier molecular flexibility index (Phi) is 5.88. The molecule has 0 fully saturated rings. The number of hydrogen-bond acceptors (Lipinski definition) is 7. The van der Waals surface area contributed by atoms with Gasteiger partial charge >= 0.3 is 0 Å². The van der Waals surface area contributed by atoms with Crippen LogP contribution in [0, 0.1) is 0 Å². The van der Waals surface area contributed by atoms with Crippen LogP contribution in [-0.4, -0.2) is 39.9 Å². The Hall–Kier alpha value is -4.66. The molecule has 3 heterocycles. The summed E-state index contributed by atoms with van der Waals surface area (Å²) in [5.74, 6) is 2.08. The van der Waals surface area contributed by atoms with Gasteiger partial charge in [0.05, 0.1) is 37.2 Å². The van der Waals surface area contributed by atoms with Crippen LogP contribution >= 0.6 is 0 Å². The predicted octanol–water partition coefficient (Wildman–Crippen LogP) is 4.28. The van der Waals surface area contributed by atoms with Gasteiger partial charge in [-0.25, -0.2) is 4.68 Å². The number of methoxy groups -OCH3 is 2. The molecule has 2 aromatic heterocycles. The number of benzene rings is 2. The molecule has 9 nitrogen and oxygen atoms in total. The van der Waals surface area contributed by atoms with Gasteiger partial charge in [0.25, 0.3) is 5.91 Å². The van der Waals surface area contributed by atoms with E-state index in [-0.39, 0.29) is 5.91 Å². The fraction of sp³-hybridized carbons (Fsp3) is 0.154. The number of nitrogens with zero attached hydrogens (tertiary/aromatic N) is 4. The molecule has 1 atom stereocenters. The molecular weight excluding hydrogens is 444 g/mol. The van der Waals surface area contributed by atoms with Crippen molar-refractivity contribution in [3.8, 4) is 22.9 Å². The minimum Gasteiger partial charge on any atom is -0.497 e. The Morgan fingerprint density at radius 1 is 1.06 bits per heavy atom. The Morgan fingerprint density at radius 2 is 1.91 bits per heavy atom. The van der Waals surface area contributed by atoms with Crippen molar-refractivity contribution >= 4 is 17.5 Å². The second kappa shape index (κ2) is 9.30. The van der Waals surface area contributed by atoms with Gasteiger partial charge in [-0.1, -0.05) is 24.3 Å². The number of fused-ring (bicyclic) bond motifs is 1. The molecule has 0 saturated heterocycles. The van der Waals surface area contributed by atoms with E-state index in [0.29, 0.717) is 40.2 Å². The van der Waals surface area contributed by atoms with E-state index in [1.165, 1.54) is 0 Å². The maximum Gasteiger partial charge on any atom is 0.255 e. The SMILES string of the molecule is COc1cccc([C@H]2C(C(=O)Nc3cccnc3)=C(C)Nc3nc(-c4ccccc4OC)nn32)c1. The molecule has 4 aromatic rings. The van der Waals surface area contributed by atoms with E-state index in [2.05, 4.69) is 15.6 Å². The summed E-state index contributed by atoms with van der Waals surface area (Å²) in [6, 6.07) is 18.2. The first-order valence-electron chi connectivity index (χ1n) is 11.0. The summed E-state index contributed by atoms with van der Waals surface area (Å²) >= 11 is 0. The number of anilines is 2. The molecule has 0 saturated carbocycles. The van der Waals surface area contributed by atoms with Crippen LogP contribution in [0.3, 0.4) is 0 Å².